The van der Waals surface area contributed by atoms with Crippen LogP contribution in [0.15, 0.2) is 48.5 Å². The van der Waals surface area contributed by atoms with Crippen molar-refractivity contribution in [1.29, 1.82) is 0 Å². The van der Waals surface area contributed by atoms with Crippen LogP contribution in [0.2, 0.25) is 0 Å². The summed E-state index contributed by atoms with van der Waals surface area (Å²) >= 11 is 5.09. The molecular formula is C16H16ClN3O2S. The number of carbonyl (C=O) groups excluding carboxylic acids is 2. The number of primary amides is 1. The highest BCUT2D eigenvalue weighted by Crippen LogP contribution is 2.09. The Morgan fingerprint density at radius 1 is 0.957 bits per heavy atom. The molecule has 0 bridgehead atoms. The van der Waals surface area contributed by atoms with Crippen molar-refractivity contribution >= 4 is 47.2 Å². The maximum atomic E-state index is 12.0. The molecule has 0 aromatic heterocycles. The number of hydrogen-bond donors (Lipinski definition) is 3. The summed E-state index contributed by atoms with van der Waals surface area (Å²) in [5.74, 6) is -0.784. The fourth-order valence-electron chi connectivity index (χ4n) is 1.76. The number of thiocarbonyl (C=S) groups is 1. The molecule has 0 radical (unpaired) electrons. The SMILES string of the molecule is Cc1ccc(C(=O)NC(=S)Nc2ccc(C(N)=O)cc2)cc1.Cl. The van der Waals surface area contributed by atoms with Crippen LogP contribution >= 0.6 is 24.6 Å². The van der Waals surface area contributed by atoms with Gasteiger partial charge in [0.2, 0.25) is 5.91 Å². The second-order valence-electron chi connectivity index (χ2n) is 4.72. The molecule has 0 aliphatic rings. The van der Waals surface area contributed by atoms with E-state index < -0.39 is 5.91 Å². The number of benzene rings is 2. The molecule has 0 aliphatic heterocycles. The molecule has 120 valence electrons. The third kappa shape index (κ3) is 5.36. The van der Waals surface area contributed by atoms with E-state index in [9.17, 15) is 9.59 Å². The van der Waals surface area contributed by atoms with Crippen LogP contribution in [-0.4, -0.2) is 16.9 Å². The molecular weight excluding hydrogens is 334 g/mol. The Balaban J connectivity index is 0.00000264. The van der Waals surface area contributed by atoms with Crippen LogP contribution in [0.3, 0.4) is 0 Å². The Morgan fingerprint density at radius 3 is 2.00 bits per heavy atom. The normalized spacial score (nSPS) is 9.43. The van der Waals surface area contributed by atoms with Crippen molar-refractivity contribution in [3.05, 3.63) is 65.2 Å². The Labute approximate surface area is 145 Å². The number of anilines is 1. The van der Waals surface area contributed by atoms with Gasteiger partial charge in [0.05, 0.1) is 0 Å². The van der Waals surface area contributed by atoms with E-state index >= 15 is 0 Å². The fourth-order valence-corrected chi connectivity index (χ4v) is 1.97. The highest BCUT2D eigenvalue weighted by atomic mass is 35.5. The zero-order valence-corrected chi connectivity index (χ0v) is 14.0. The monoisotopic (exact) mass is 349 g/mol. The third-order valence-electron chi connectivity index (χ3n) is 2.97. The molecule has 0 unspecified atom stereocenters. The van der Waals surface area contributed by atoms with Crippen LogP contribution in [-0.2, 0) is 0 Å². The summed E-state index contributed by atoms with van der Waals surface area (Å²) < 4.78 is 0. The molecule has 7 heteroatoms. The number of nitrogens with one attached hydrogen (secondary N) is 2. The first-order chi connectivity index (χ1) is 10.5. The standard InChI is InChI=1S/C16H15N3O2S.ClH/c1-10-2-4-12(5-3-10)15(21)19-16(22)18-13-8-6-11(7-9-13)14(17)20;/h2-9H,1H3,(H2,17,20)(H2,18,19,21,22);1H. The number of rotatable bonds is 3. The molecule has 0 saturated heterocycles. The van der Waals surface area contributed by atoms with Crippen LogP contribution in [0.1, 0.15) is 26.3 Å². The summed E-state index contributed by atoms with van der Waals surface area (Å²) in [5.41, 5.74) is 7.82. The van der Waals surface area contributed by atoms with Crippen molar-refractivity contribution in [3.8, 4) is 0 Å². The minimum atomic E-state index is -0.498. The first-order valence-electron chi connectivity index (χ1n) is 6.54. The molecule has 2 amide bonds. The lowest BCUT2D eigenvalue weighted by molar-refractivity contribution is 0.0975. The van der Waals surface area contributed by atoms with Gasteiger partial charge in [-0.25, -0.2) is 0 Å². The van der Waals surface area contributed by atoms with Gasteiger partial charge in [-0.1, -0.05) is 17.7 Å². The van der Waals surface area contributed by atoms with Crippen LogP contribution in [0.4, 0.5) is 5.69 Å². The smallest absolute Gasteiger partial charge is 0.257 e. The highest BCUT2D eigenvalue weighted by molar-refractivity contribution is 7.80. The molecule has 0 spiro atoms. The Kier molecular flexibility index (Phi) is 6.68. The van der Waals surface area contributed by atoms with Crippen LogP contribution in [0.25, 0.3) is 0 Å². The summed E-state index contributed by atoms with van der Waals surface area (Å²) in [6, 6.07) is 13.6. The number of carbonyl (C=O) groups is 2. The van der Waals surface area contributed by atoms with Crippen molar-refractivity contribution in [2.24, 2.45) is 5.73 Å². The molecule has 23 heavy (non-hydrogen) atoms. The molecule has 2 rings (SSSR count). The second-order valence-corrected chi connectivity index (χ2v) is 5.12. The maximum absolute atomic E-state index is 12.0. The summed E-state index contributed by atoms with van der Waals surface area (Å²) in [5, 5.41) is 5.64. The van der Waals surface area contributed by atoms with Gasteiger partial charge in [-0.05, 0) is 55.5 Å². The highest BCUT2D eigenvalue weighted by Gasteiger charge is 2.08. The van der Waals surface area contributed by atoms with Crippen molar-refractivity contribution in [1.82, 2.24) is 5.32 Å². The first kappa shape index (κ1) is 18.6. The molecule has 2 aromatic rings. The van der Waals surface area contributed by atoms with Gasteiger partial charge in [-0.3, -0.25) is 14.9 Å². The Morgan fingerprint density at radius 2 is 1.48 bits per heavy atom. The average molecular weight is 350 g/mol. The topological polar surface area (TPSA) is 84.2 Å². The predicted octanol–water partition coefficient (Wildman–Crippen LogP) is 2.64. The molecule has 0 atom stereocenters. The largest absolute Gasteiger partial charge is 0.366 e. The second kappa shape index (κ2) is 8.26. The molecule has 4 N–H and O–H groups in total. The van der Waals surface area contributed by atoms with E-state index in [4.69, 9.17) is 18.0 Å². The van der Waals surface area contributed by atoms with Crippen molar-refractivity contribution in [2.75, 3.05) is 5.32 Å². The number of hydrogen-bond acceptors (Lipinski definition) is 3. The van der Waals surface area contributed by atoms with E-state index in [0.717, 1.165) is 5.56 Å². The van der Waals surface area contributed by atoms with E-state index in [1.807, 2.05) is 19.1 Å². The van der Waals surface area contributed by atoms with E-state index in [2.05, 4.69) is 10.6 Å². The fraction of sp³-hybridized carbons (Fsp3) is 0.0625. The van der Waals surface area contributed by atoms with Crippen molar-refractivity contribution in [2.45, 2.75) is 6.92 Å². The zero-order valence-electron chi connectivity index (χ0n) is 12.3. The average Bonchev–Trinajstić information content (AvgIpc) is 2.48. The predicted molar refractivity (Wildman–Crippen MR) is 97.1 cm³/mol. The molecule has 2 aromatic carbocycles. The third-order valence-corrected chi connectivity index (χ3v) is 3.17. The van der Waals surface area contributed by atoms with Gasteiger partial charge in [0.25, 0.3) is 5.91 Å². The number of aryl methyl sites for hydroxylation is 1. The first-order valence-corrected chi connectivity index (χ1v) is 6.95. The van der Waals surface area contributed by atoms with E-state index in [1.54, 1.807) is 36.4 Å². The minimum Gasteiger partial charge on any atom is -0.366 e. The summed E-state index contributed by atoms with van der Waals surface area (Å²) in [6.07, 6.45) is 0. The lowest BCUT2D eigenvalue weighted by atomic mass is 10.1. The Bertz CT molecular complexity index is 715. The van der Waals surface area contributed by atoms with Crippen LogP contribution in [0, 0.1) is 6.92 Å². The number of halogens is 1. The van der Waals surface area contributed by atoms with Gasteiger partial charge >= 0.3 is 0 Å². The summed E-state index contributed by atoms with van der Waals surface area (Å²) in [7, 11) is 0. The van der Waals surface area contributed by atoms with Gasteiger partial charge in [-0.2, -0.15) is 0 Å². The van der Waals surface area contributed by atoms with Gasteiger partial charge < -0.3 is 11.1 Å². The minimum absolute atomic E-state index is 0. The van der Waals surface area contributed by atoms with Gasteiger partial charge in [0.15, 0.2) is 5.11 Å². The summed E-state index contributed by atoms with van der Waals surface area (Å²) in [4.78, 5) is 23.0. The lowest BCUT2D eigenvalue weighted by Crippen LogP contribution is -2.34. The number of nitrogens with two attached hydrogens (primary N) is 1. The lowest BCUT2D eigenvalue weighted by Gasteiger charge is -2.10. The summed E-state index contributed by atoms with van der Waals surface area (Å²) in [6.45, 7) is 1.95. The van der Waals surface area contributed by atoms with Crippen LogP contribution in [0.5, 0.6) is 0 Å². The molecule has 0 aliphatic carbocycles. The maximum Gasteiger partial charge on any atom is 0.257 e. The van der Waals surface area contributed by atoms with Crippen LogP contribution < -0.4 is 16.4 Å². The molecule has 5 nitrogen and oxygen atoms in total. The van der Waals surface area contributed by atoms with E-state index in [1.165, 1.54) is 0 Å². The zero-order chi connectivity index (χ0) is 16.1. The van der Waals surface area contributed by atoms with Gasteiger partial charge in [-0.15, -0.1) is 12.4 Å². The number of amides is 2. The quantitative estimate of drug-likeness (QED) is 0.744. The molecule has 0 heterocycles. The van der Waals surface area contributed by atoms with Gasteiger partial charge in [0.1, 0.15) is 0 Å². The Hall–Kier alpha value is -2.44. The molecule has 0 saturated carbocycles. The van der Waals surface area contributed by atoms with Gasteiger partial charge in [0, 0.05) is 16.8 Å². The van der Waals surface area contributed by atoms with E-state index in [-0.39, 0.29) is 23.4 Å². The van der Waals surface area contributed by atoms with E-state index in [0.29, 0.717) is 16.8 Å². The molecule has 0 fully saturated rings. The van der Waals surface area contributed by atoms with Crippen molar-refractivity contribution < 1.29 is 9.59 Å². The van der Waals surface area contributed by atoms with Crippen molar-refractivity contribution in [3.63, 3.8) is 0 Å².